The van der Waals surface area contributed by atoms with Crippen molar-refractivity contribution in [3.05, 3.63) is 63.4 Å². The molecule has 1 fully saturated rings. The number of hydrogen-bond donors (Lipinski definition) is 3. The van der Waals surface area contributed by atoms with Gasteiger partial charge in [-0.25, -0.2) is 9.36 Å². The van der Waals surface area contributed by atoms with Crippen molar-refractivity contribution in [2.24, 2.45) is 4.99 Å². The number of hydrogen-bond acceptors (Lipinski definition) is 10. The second kappa shape index (κ2) is 11.3. The number of rotatable bonds is 11. The molecule has 1 saturated heterocycles. The lowest BCUT2D eigenvalue weighted by Crippen LogP contribution is -2.45. The predicted octanol–water partition coefficient (Wildman–Crippen LogP) is 0.999. The summed E-state index contributed by atoms with van der Waals surface area (Å²) in [5, 5.41) is 13.5. The smallest absolute Gasteiger partial charge is 0.459 e. The van der Waals surface area contributed by atoms with Crippen molar-refractivity contribution in [3.8, 4) is 5.75 Å². The van der Waals surface area contributed by atoms with Crippen molar-refractivity contribution in [3.63, 3.8) is 0 Å². The monoisotopic (exact) mass is 524 g/mol. The fraction of sp³-hybridized carbons (Fsp3) is 0.455. The van der Waals surface area contributed by atoms with Gasteiger partial charge in [-0.1, -0.05) is 18.2 Å². The van der Waals surface area contributed by atoms with Gasteiger partial charge in [0.1, 0.15) is 29.5 Å². The van der Waals surface area contributed by atoms with Crippen LogP contribution in [0.25, 0.3) is 0 Å². The van der Waals surface area contributed by atoms with Gasteiger partial charge in [0.05, 0.1) is 13.2 Å². The first-order valence-corrected chi connectivity index (χ1v) is 12.6. The maximum Gasteiger partial charge on any atom is 0.459 e. The van der Waals surface area contributed by atoms with Crippen LogP contribution < -0.4 is 20.9 Å². The first-order chi connectivity index (χ1) is 17.0. The van der Waals surface area contributed by atoms with Crippen molar-refractivity contribution in [1.29, 1.82) is 0 Å². The standard InChI is InChI=1S/C22H29N4O9P/c1-5-32-19(29)14(2)25-36(31,35-15-9-7-6-8-10-15)33-13-16-18(28)22(3,23-4)20(34-16)26-12-11-17(27)24-21(26)30/h6-12,14,16,18,20,28H,4-5,13H2,1-3H3,(H,25,31)(H,24,27,30)/t14-,16+,18+,20+,22+,36?/m0/s1. The number of H-pyrrole nitrogens is 1. The number of aliphatic hydroxyl groups is 1. The number of aliphatic hydroxyl groups excluding tert-OH is 1. The lowest BCUT2D eigenvalue weighted by Gasteiger charge is -2.28. The van der Waals surface area contributed by atoms with Gasteiger partial charge in [-0.3, -0.25) is 28.7 Å². The SMILES string of the molecule is C=N[C@]1(C)[C@H](O)[C@@H](COP(=O)(N[C@@H](C)C(=O)OCC)Oc2ccccc2)O[C@H]1n1ccc(=O)[nH]c1=O. The van der Waals surface area contributed by atoms with Crippen LogP contribution in [0.2, 0.25) is 0 Å². The molecule has 3 N–H and O–H groups in total. The van der Waals surface area contributed by atoms with Crippen LogP contribution in [0.15, 0.2) is 57.2 Å². The molecule has 13 nitrogen and oxygen atoms in total. The van der Waals surface area contributed by atoms with E-state index >= 15 is 0 Å². The van der Waals surface area contributed by atoms with Crippen LogP contribution in [0, 0.1) is 0 Å². The molecule has 1 aliphatic heterocycles. The molecule has 0 radical (unpaired) electrons. The fourth-order valence-electron chi connectivity index (χ4n) is 3.60. The van der Waals surface area contributed by atoms with Crippen molar-refractivity contribution in [1.82, 2.24) is 14.6 Å². The highest BCUT2D eigenvalue weighted by Gasteiger charge is 2.54. The number of benzene rings is 1. The molecule has 1 aliphatic rings. The summed E-state index contributed by atoms with van der Waals surface area (Å²) in [6.07, 6.45) is -2.45. The van der Waals surface area contributed by atoms with Gasteiger partial charge in [-0.05, 0) is 39.6 Å². The van der Waals surface area contributed by atoms with Crippen LogP contribution in [0.3, 0.4) is 0 Å². The van der Waals surface area contributed by atoms with Gasteiger partial charge in [-0.2, -0.15) is 5.09 Å². The predicted molar refractivity (Wildman–Crippen MR) is 129 cm³/mol. The van der Waals surface area contributed by atoms with E-state index in [1.807, 2.05) is 0 Å². The van der Waals surface area contributed by atoms with E-state index in [1.54, 1.807) is 37.3 Å². The van der Waals surface area contributed by atoms with Gasteiger partial charge in [0.15, 0.2) is 6.23 Å². The molecule has 0 aliphatic carbocycles. The molecule has 14 heteroatoms. The normalized spacial score (nSPS) is 26.1. The second-order valence-corrected chi connectivity index (χ2v) is 9.87. The minimum atomic E-state index is -4.22. The zero-order valence-electron chi connectivity index (χ0n) is 20.0. The zero-order chi connectivity index (χ0) is 26.5. The van der Waals surface area contributed by atoms with Gasteiger partial charge in [-0.15, -0.1) is 0 Å². The summed E-state index contributed by atoms with van der Waals surface area (Å²) >= 11 is 0. The third-order valence-corrected chi connectivity index (χ3v) is 7.21. The number of carbonyl (C=O) groups is 1. The number of aromatic nitrogens is 2. The minimum absolute atomic E-state index is 0.121. The van der Waals surface area contributed by atoms with Gasteiger partial charge in [0.2, 0.25) is 0 Å². The summed E-state index contributed by atoms with van der Waals surface area (Å²) in [4.78, 5) is 42.0. The second-order valence-electron chi connectivity index (χ2n) is 8.17. The van der Waals surface area contributed by atoms with Gasteiger partial charge in [0, 0.05) is 12.3 Å². The molecule has 1 unspecified atom stereocenters. The van der Waals surface area contributed by atoms with Crippen molar-refractivity contribution in [2.45, 2.75) is 50.8 Å². The summed E-state index contributed by atoms with van der Waals surface area (Å²) in [6.45, 7) is 7.72. The molecule has 0 amide bonds. The number of esters is 1. The largest absolute Gasteiger partial charge is 0.465 e. The third kappa shape index (κ3) is 6.00. The van der Waals surface area contributed by atoms with E-state index in [9.17, 15) is 24.1 Å². The summed E-state index contributed by atoms with van der Waals surface area (Å²) in [6, 6.07) is 8.21. The quantitative estimate of drug-likeness (QED) is 0.219. The Labute approximate surface area is 206 Å². The highest BCUT2D eigenvalue weighted by Crippen LogP contribution is 2.47. The number of nitrogens with zero attached hydrogens (tertiary/aromatic N) is 2. The Morgan fingerprint density at radius 1 is 1.36 bits per heavy atom. The highest BCUT2D eigenvalue weighted by molar-refractivity contribution is 7.52. The number of carbonyl (C=O) groups excluding carboxylic acids is 1. The van der Waals surface area contributed by atoms with Gasteiger partial charge >= 0.3 is 19.4 Å². The minimum Gasteiger partial charge on any atom is -0.465 e. The Morgan fingerprint density at radius 3 is 2.67 bits per heavy atom. The first kappa shape index (κ1) is 27.5. The van der Waals surface area contributed by atoms with Gasteiger partial charge < -0.3 is 19.1 Å². The Hall–Kier alpha value is -3.09. The zero-order valence-corrected chi connectivity index (χ0v) is 20.9. The molecular weight excluding hydrogens is 495 g/mol. The van der Waals surface area contributed by atoms with E-state index in [-0.39, 0.29) is 12.4 Å². The molecule has 1 aromatic heterocycles. The molecule has 6 atom stereocenters. The van der Waals surface area contributed by atoms with Crippen LogP contribution in [-0.2, 0) is 23.4 Å². The summed E-state index contributed by atoms with van der Waals surface area (Å²) in [5.41, 5.74) is -2.81. The fourth-order valence-corrected chi connectivity index (χ4v) is 5.10. The van der Waals surface area contributed by atoms with Crippen molar-refractivity contribution >= 4 is 20.4 Å². The van der Waals surface area contributed by atoms with E-state index in [0.29, 0.717) is 0 Å². The average Bonchev–Trinajstić information content (AvgIpc) is 3.09. The molecule has 0 spiro atoms. The lowest BCUT2D eigenvalue weighted by molar-refractivity contribution is -0.144. The summed E-state index contributed by atoms with van der Waals surface area (Å²) in [7, 11) is -4.22. The number of para-hydroxylation sites is 1. The van der Waals surface area contributed by atoms with E-state index in [1.165, 1.54) is 20.0 Å². The maximum atomic E-state index is 13.6. The van der Waals surface area contributed by atoms with E-state index < -0.39 is 61.6 Å². The molecule has 1 aromatic carbocycles. The molecule has 0 saturated carbocycles. The summed E-state index contributed by atoms with van der Waals surface area (Å²) < 4.78 is 36.6. The van der Waals surface area contributed by atoms with E-state index in [2.05, 4.69) is 21.8 Å². The number of nitrogens with one attached hydrogen (secondary N) is 2. The number of ether oxygens (including phenoxy) is 2. The molecule has 2 aromatic rings. The first-order valence-electron chi connectivity index (χ1n) is 11.1. The maximum absolute atomic E-state index is 13.6. The van der Waals surface area contributed by atoms with E-state index in [0.717, 1.165) is 10.6 Å². The third-order valence-electron chi connectivity index (χ3n) is 5.57. The van der Waals surface area contributed by atoms with Crippen molar-refractivity contribution < 1.29 is 33.0 Å². The van der Waals surface area contributed by atoms with Crippen LogP contribution in [-0.4, -0.2) is 64.3 Å². The van der Waals surface area contributed by atoms with E-state index in [4.69, 9.17) is 18.5 Å². The Kier molecular flexibility index (Phi) is 8.64. The molecule has 0 bridgehead atoms. The Morgan fingerprint density at radius 2 is 2.06 bits per heavy atom. The molecular formula is C22H29N4O9P. The Balaban J connectivity index is 1.84. The highest BCUT2D eigenvalue weighted by atomic mass is 31.2. The Bertz CT molecular complexity index is 1230. The van der Waals surface area contributed by atoms with Crippen molar-refractivity contribution in [2.75, 3.05) is 13.2 Å². The molecule has 36 heavy (non-hydrogen) atoms. The van der Waals surface area contributed by atoms with Gasteiger partial charge in [0.25, 0.3) is 5.56 Å². The number of aromatic amines is 1. The van der Waals surface area contributed by atoms with Crippen LogP contribution in [0.5, 0.6) is 5.75 Å². The number of aliphatic imine (C=N–C) groups is 1. The summed E-state index contributed by atoms with van der Waals surface area (Å²) in [5.74, 6) is -0.469. The molecule has 2 heterocycles. The topological polar surface area (TPSA) is 171 Å². The lowest BCUT2D eigenvalue weighted by atomic mass is 9.93. The van der Waals surface area contributed by atoms with Crippen LogP contribution in [0.1, 0.15) is 27.0 Å². The average molecular weight is 524 g/mol. The van der Waals surface area contributed by atoms with Crippen LogP contribution >= 0.6 is 7.75 Å². The molecule has 196 valence electrons. The van der Waals surface area contributed by atoms with Crippen LogP contribution in [0.4, 0.5) is 0 Å². The molecule has 3 rings (SSSR count).